The third kappa shape index (κ3) is 3.54. The molecule has 1 atom stereocenters. The second-order valence-electron chi connectivity index (χ2n) is 3.18. The molecule has 2 rings (SSSR count). The van der Waals surface area contributed by atoms with Crippen LogP contribution in [0.3, 0.4) is 0 Å². The van der Waals surface area contributed by atoms with Gasteiger partial charge in [-0.05, 0) is 33.6 Å². The lowest BCUT2D eigenvalue weighted by Gasteiger charge is -2.27. The Hall–Kier alpha value is -1.39. The van der Waals surface area contributed by atoms with Crippen LogP contribution in [0.1, 0.15) is 13.8 Å². The predicted octanol–water partition coefficient (Wildman–Crippen LogP) is 3.96. The molecule has 1 aliphatic rings. The molecule has 0 radical (unpaired) electrons. The maximum absolute atomic E-state index is 8.23. The Morgan fingerprint density at radius 2 is 2.35 bits per heavy atom. The minimum absolute atomic E-state index is 0.0344. The van der Waals surface area contributed by atoms with E-state index in [1.807, 2.05) is 32.0 Å². The number of hydrogen-bond acceptors (Lipinski definition) is 3. The summed E-state index contributed by atoms with van der Waals surface area (Å²) >= 11 is 3.43. The van der Waals surface area contributed by atoms with Gasteiger partial charge in [0, 0.05) is 15.9 Å². The zero-order valence-electron chi connectivity index (χ0n) is 9.85. The lowest BCUT2D eigenvalue weighted by atomic mass is 10.2. The monoisotopic (exact) mass is 298 g/mol. The summed E-state index contributed by atoms with van der Waals surface area (Å²) in [5.41, 5.74) is 9.15. The fourth-order valence-electron chi connectivity index (χ4n) is 1.43. The van der Waals surface area contributed by atoms with Crippen molar-refractivity contribution < 1.29 is 4.74 Å². The number of ether oxygens (including phenoxy) is 1. The highest BCUT2D eigenvalue weighted by atomic mass is 79.9. The number of benzene rings is 1. The van der Waals surface area contributed by atoms with Crippen LogP contribution in [0.2, 0.25) is 0 Å². The highest BCUT2D eigenvalue weighted by Gasteiger charge is 2.19. The summed E-state index contributed by atoms with van der Waals surface area (Å²) in [4.78, 5) is 2.73. The molecule has 1 heterocycles. The number of para-hydroxylation sites is 1. The van der Waals surface area contributed by atoms with Gasteiger partial charge < -0.3 is 10.1 Å². The van der Waals surface area contributed by atoms with E-state index in [1.54, 1.807) is 0 Å². The highest BCUT2D eigenvalue weighted by Crippen LogP contribution is 2.35. The van der Waals surface area contributed by atoms with Gasteiger partial charge in [0.1, 0.15) is 12.4 Å². The van der Waals surface area contributed by atoms with Crippen LogP contribution in [0.25, 0.3) is 10.4 Å². The molecule has 1 unspecified atom stereocenters. The van der Waals surface area contributed by atoms with Gasteiger partial charge in [-0.1, -0.05) is 25.0 Å². The van der Waals surface area contributed by atoms with Crippen molar-refractivity contribution in [1.29, 1.82) is 0 Å². The van der Waals surface area contributed by atoms with Crippen molar-refractivity contribution in [3.63, 3.8) is 0 Å². The van der Waals surface area contributed by atoms with Crippen LogP contribution < -0.4 is 10.1 Å². The smallest absolute Gasteiger partial charge is 0.143 e. The number of rotatable bonds is 2. The normalized spacial score (nSPS) is 16.3. The van der Waals surface area contributed by atoms with Crippen LogP contribution in [-0.4, -0.2) is 19.2 Å². The number of fused-ring (bicyclic) bond motifs is 1. The lowest BCUT2D eigenvalue weighted by Crippen LogP contribution is -2.33. The Morgan fingerprint density at radius 3 is 3.06 bits per heavy atom. The van der Waals surface area contributed by atoms with Crippen molar-refractivity contribution in [3.05, 3.63) is 33.1 Å². The highest BCUT2D eigenvalue weighted by molar-refractivity contribution is 9.10. The molecule has 1 aliphatic heterocycles. The summed E-state index contributed by atoms with van der Waals surface area (Å²) in [5, 5.41) is 6.78. The second-order valence-corrected chi connectivity index (χ2v) is 4.03. The molecule has 0 saturated carbocycles. The van der Waals surface area contributed by atoms with Crippen molar-refractivity contribution in [1.82, 2.24) is 0 Å². The van der Waals surface area contributed by atoms with E-state index in [0.29, 0.717) is 13.2 Å². The third-order valence-electron chi connectivity index (χ3n) is 2.13. The van der Waals surface area contributed by atoms with Gasteiger partial charge in [0.2, 0.25) is 0 Å². The molecule has 1 N–H and O–H groups in total. The molecule has 0 spiro atoms. The van der Waals surface area contributed by atoms with Crippen LogP contribution >= 0.6 is 15.9 Å². The Morgan fingerprint density at radius 1 is 1.59 bits per heavy atom. The summed E-state index contributed by atoms with van der Waals surface area (Å²) < 4.78 is 6.49. The van der Waals surface area contributed by atoms with E-state index in [1.165, 1.54) is 0 Å². The molecule has 17 heavy (non-hydrogen) atoms. The zero-order chi connectivity index (χ0) is 12.7. The van der Waals surface area contributed by atoms with Gasteiger partial charge in [0.15, 0.2) is 0 Å². The summed E-state index contributed by atoms with van der Waals surface area (Å²) in [6.07, 6.45) is 0. The summed E-state index contributed by atoms with van der Waals surface area (Å²) in [5.74, 6) is 0.821. The maximum atomic E-state index is 8.23. The van der Waals surface area contributed by atoms with Crippen LogP contribution in [0.5, 0.6) is 5.75 Å². The van der Waals surface area contributed by atoms with Crippen molar-refractivity contribution in [3.8, 4) is 5.75 Å². The van der Waals surface area contributed by atoms with E-state index in [0.717, 1.165) is 15.9 Å². The summed E-state index contributed by atoms with van der Waals surface area (Å²) in [6, 6.07) is 5.78. The summed E-state index contributed by atoms with van der Waals surface area (Å²) in [6.45, 7) is 4.90. The first-order valence-electron chi connectivity index (χ1n) is 5.50. The van der Waals surface area contributed by atoms with Crippen LogP contribution in [-0.2, 0) is 0 Å². The number of azide groups is 1. The number of nitrogens with one attached hydrogen (secondary N) is 1. The molecule has 92 valence electrons. The van der Waals surface area contributed by atoms with Gasteiger partial charge in [0.05, 0.1) is 11.7 Å². The Kier molecular flexibility index (Phi) is 5.66. The molecule has 0 fully saturated rings. The first kappa shape index (κ1) is 13.7. The zero-order valence-corrected chi connectivity index (χ0v) is 11.4. The van der Waals surface area contributed by atoms with Crippen LogP contribution in [0, 0.1) is 0 Å². The van der Waals surface area contributed by atoms with E-state index < -0.39 is 0 Å². The standard InChI is InChI=1S/C9H9BrN4O.C2H6/c10-7-2-1-3-8-9(7)13-6(5-15-8)4-12-14-11;1-2/h1-3,6,13H,4-5H2;1-2H3. The molecular weight excluding hydrogens is 284 g/mol. The molecule has 0 saturated heterocycles. The minimum Gasteiger partial charge on any atom is -0.489 e. The lowest BCUT2D eigenvalue weighted by molar-refractivity contribution is 0.286. The largest absolute Gasteiger partial charge is 0.489 e. The molecule has 0 aliphatic carbocycles. The SMILES string of the molecule is CC.[N-]=[N+]=NCC1COc2cccc(Br)c2N1. The van der Waals surface area contributed by atoms with E-state index in [2.05, 4.69) is 31.3 Å². The van der Waals surface area contributed by atoms with Crippen LogP contribution in [0.4, 0.5) is 5.69 Å². The quantitative estimate of drug-likeness (QED) is 0.510. The van der Waals surface area contributed by atoms with Gasteiger partial charge in [-0.15, -0.1) is 0 Å². The van der Waals surface area contributed by atoms with Gasteiger partial charge in [0.25, 0.3) is 0 Å². The third-order valence-corrected chi connectivity index (χ3v) is 2.79. The number of hydrogen-bond donors (Lipinski definition) is 1. The number of anilines is 1. The van der Waals surface area contributed by atoms with E-state index in [-0.39, 0.29) is 6.04 Å². The van der Waals surface area contributed by atoms with Gasteiger partial charge in [-0.3, -0.25) is 0 Å². The first-order chi connectivity index (χ1) is 8.31. The van der Waals surface area contributed by atoms with Crippen LogP contribution in [0.15, 0.2) is 27.8 Å². The van der Waals surface area contributed by atoms with Crippen molar-refractivity contribution in [2.24, 2.45) is 5.11 Å². The Bertz CT molecular complexity index is 418. The van der Waals surface area contributed by atoms with E-state index in [9.17, 15) is 0 Å². The molecule has 1 aromatic carbocycles. The molecule has 0 aromatic heterocycles. The Balaban J connectivity index is 0.000000686. The Labute approximate surface area is 109 Å². The second kappa shape index (κ2) is 7.04. The van der Waals surface area contributed by atoms with Gasteiger partial charge >= 0.3 is 0 Å². The van der Waals surface area contributed by atoms with Gasteiger partial charge in [-0.2, -0.15) is 0 Å². The fraction of sp³-hybridized carbons (Fsp3) is 0.455. The molecule has 1 aromatic rings. The van der Waals surface area contributed by atoms with Gasteiger partial charge in [-0.25, -0.2) is 0 Å². The minimum atomic E-state index is 0.0344. The van der Waals surface area contributed by atoms with E-state index in [4.69, 9.17) is 10.3 Å². The fourth-order valence-corrected chi connectivity index (χ4v) is 1.90. The number of halogens is 1. The molecule has 5 nitrogen and oxygen atoms in total. The molecule has 0 amide bonds. The summed E-state index contributed by atoms with van der Waals surface area (Å²) in [7, 11) is 0. The average Bonchev–Trinajstić information content (AvgIpc) is 2.39. The number of nitrogens with zero attached hydrogens (tertiary/aromatic N) is 3. The molecular formula is C11H15BrN4O. The topological polar surface area (TPSA) is 70.0 Å². The molecule has 0 bridgehead atoms. The van der Waals surface area contributed by atoms with Crippen molar-refractivity contribution >= 4 is 21.6 Å². The molecule has 6 heteroatoms. The van der Waals surface area contributed by atoms with Crippen molar-refractivity contribution in [2.75, 3.05) is 18.5 Å². The average molecular weight is 299 g/mol. The predicted molar refractivity (Wildman–Crippen MR) is 72.4 cm³/mol. The maximum Gasteiger partial charge on any atom is 0.143 e. The van der Waals surface area contributed by atoms with Crippen molar-refractivity contribution in [2.45, 2.75) is 19.9 Å². The van der Waals surface area contributed by atoms with E-state index >= 15 is 0 Å². The first-order valence-corrected chi connectivity index (χ1v) is 6.29.